The summed E-state index contributed by atoms with van der Waals surface area (Å²) in [5.41, 5.74) is 1.68. The van der Waals surface area contributed by atoms with Crippen LogP contribution in [0.3, 0.4) is 0 Å². The number of Topliss-reactive ketones (excluding diaryl/α,β-unsaturated/α-hetero) is 1. The minimum Gasteiger partial charge on any atom is -0.299 e. The van der Waals surface area contributed by atoms with Crippen LogP contribution in [0.4, 0.5) is 0 Å². The van der Waals surface area contributed by atoms with E-state index in [1.165, 1.54) is 5.56 Å². The lowest BCUT2D eigenvalue weighted by Crippen LogP contribution is -2.32. The molecule has 1 aromatic rings. The number of carbonyl (C=O) groups excluding carboxylic acids is 1. The zero-order chi connectivity index (χ0) is 12.5. The van der Waals surface area contributed by atoms with Crippen LogP contribution in [0.5, 0.6) is 0 Å². The Balaban J connectivity index is 2.03. The first-order valence-corrected chi connectivity index (χ1v) is 7.45. The van der Waals surface area contributed by atoms with E-state index in [9.17, 15) is 4.79 Å². The maximum Gasteiger partial charge on any atom is 0.136 e. The van der Waals surface area contributed by atoms with E-state index in [4.69, 9.17) is 0 Å². The van der Waals surface area contributed by atoms with E-state index in [1.807, 2.05) is 0 Å². The quantitative estimate of drug-likeness (QED) is 0.764. The van der Waals surface area contributed by atoms with Crippen LogP contribution < -0.4 is 0 Å². The summed E-state index contributed by atoms with van der Waals surface area (Å²) in [6, 6.07) is 2.15. The van der Waals surface area contributed by atoms with Gasteiger partial charge < -0.3 is 0 Å². The average Bonchev–Trinajstić information content (AvgIpc) is 2.72. The third kappa shape index (κ3) is 3.19. The molecule has 1 heterocycles. The van der Waals surface area contributed by atoms with E-state index in [2.05, 4.69) is 37.6 Å². The van der Waals surface area contributed by atoms with E-state index in [-0.39, 0.29) is 5.92 Å². The average molecular weight is 250 g/mol. The SMILES string of the molecule is CC(C)(C)C1CCC(=O)C(Cc2ccsc2)C1. The minimum atomic E-state index is 0.266. The first-order valence-electron chi connectivity index (χ1n) is 6.50. The minimum absolute atomic E-state index is 0.266. The topological polar surface area (TPSA) is 17.1 Å². The van der Waals surface area contributed by atoms with Gasteiger partial charge in [-0.15, -0.1) is 0 Å². The number of carbonyl (C=O) groups is 1. The van der Waals surface area contributed by atoms with Crippen molar-refractivity contribution in [1.82, 2.24) is 0 Å². The molecule has 1 saturated carbocycles. The molecule has 1 aromatic heterocycles. The van der Waals surface area contributed by atoms with Crippen molar-refractivity contribution in [3.63, 3.8) is 0 Å². The lowest BCUT2D eigenvalue weighted by atomic mass is 9.68. The summed E-state index contributed by atoms with van der Waals surface area (Å²) in [5.74, 6) is 1.45. The van der Waals surface area contributed by atoms with E-state index in [1.54, 1.807) is 11.3 Å². The van der Waals surface area contributed by atoms with Crippen LogP contribution in [-0.4, -0.2) is 5.78 Å². The van der Waals surface area contributed by atoms with Gasteiger partial charge in [0.15, 0.2) is 0 Å². The third-order valence-corrected chi connectivity index (χ3v) is 4.78. The Hall–Kier alpha value is -0.630. The van der Waals surface area contributed by atoms with Crippen molar-refractivity contribution in [2.24, 2.45) is 17.3 Å². The number of hydrogen-bond donors (Lipinski definition) is 0. The maximum absolute atomic E-state index is 12.0. The highest BCUT2D eigenvalue weighted by atomic mass is 32.1. The van der Waals surface area contributed by atoms with Gasteiger partial charge in [-0.3, -0.25) is 4.79 Å². The summed E-state index contributed by atoms with van der Waals surface area (Å²) in [5, 5.41) is 4.28. The summed E-state index contributed by atoms with van der Waals surface area (Å²) in [6.45, 7) is 6.90. The van der Waals surface area contributed by atoms with E-state index in [0.717, 1.165) is 25.7 Å². The molecular formula is C15H22OS. The summed E-state index contributed by atoms with van der Waals surface area (Å²) in [7, 11) is 0. The molecule has 94 valence electrons. The Morgan fingerprint density at radius 2 is 2.18 bits per heavy atom. The van der Waals surface area contributed by atoms with Crippen LogP contribution in [0.15, 0.2) is 16.8 Å². The molecule has 2 unspecified atom stereocenters. The Morgan fingerprint density at radius 1 is 1.41 bits per heavy atom. The van der Waals surface area contributed by atoms with Crippen LogP contribution in [0.2, 0.25) is 0 Å². The van der Waals surface area contributed by atoms with Crippen LogP contribution in [0.1, 0.15) is 45.6 Å². The van der Waals surface area contributed by atoms with Gasteiger partial charge in [-0.1, -0.05) is 20.8 Å². The molecule has 1 aliphatic carbocycles. The largest absolute Gasteiger partial charge is 0.299 e. The van der Waals surface area contributed by atoms with Gasteiger partial charge in [0.25, 0.3) is 0 Å². The van der Waals surface area contributed by atoms with Gasteiger partial charge in [0.2, 0.25) is 0 Å². The fourth-order valence-corrected chi connectivity index (χ4v) is 3.47. The van der Waals surface area contributed by atoms with Gasteiger partial charge in [-0.05, 0) is 53.0 Å². The predicted molar refractivity (Wildman–Crippen MR) is 73.3 cm³/mol. The lowest BCUT2D eigenvalue weighted by molar-refractivity contribution is -0.126. The second kappa shape index (κ2) is 4.93. The van der Waals surface area contributed by atoms with Crippen LogP contribution in [0, 0.1) is 17.3 Å². The highest BCUT2D eigenvalue weighted by molar-refractivity contribution is 7.07. The molecular weight excluding hydrogens is 228 g/mol. The van der Waals surface area contributed by atoms with E-state index < -0.39 is 0 Å². The summed E-state index contributed by atoms with van der Waals surface area (Å²) in [6.07, 6.45) is 3.91. The molecule has 0 N–H and O–H groups in total. The molecule has 0 bridgehead atoms. The van der Waals surface area contributed by atoms with Crippen molar-refractivity contribution in [2.75, 3.05) is 0 Å². The van der Waals surface area contributed by atoms with Gasteiger partial charge in [0.05, 0.1) is 0 Å². The molecule has 0 aliphatic heterocycles. The first-order chi connectivity index (χ1) is 7.97. The van der Waals surface area contributed by atoms with Crippen molar-refractivity contribution in [1.29, 1.82) is 0 Å². The second-order valence-corrected chi connectivity index (χ2v) is 7.12. The van der Waals surface area contributed by atoms with Gasteiger partial charge >= 0.3 is 0 Å². The molecule has 0 aromatic carbocycles. The Bertz CT molecular complexity index is 372. The smallest absolute Gasteiger partial charge is 0.136 e. The predicted octanol–water partition coefficient (Wildman–Crippen LogP) is 4.32. The van der Waals surface area contributed by atoms with E-state index >= 15 is 0 Å². The van der Waals surface area contributed by atoms with Crippen LogP contribution >= 0.6 is 11.3 Å². The van der Waals surface area contributed by atoms with Gasteiger partial charge in [-0.25, -0.2) is 0 Å². The molecule has 0 spiro atoms. The summed E-state index contributed by atoms with van der Waals surface area (Å²) >= 11 is 1.72. The van der Waals surface area contributed by atoms with Gasteiger partial charge in [-0.2, -0.15) is 11.3 Å². The first kappa shape index (κ1) is 12.8. The van der Waals surface area contributed by atoms with Crippen LogP contribution in [0.25, 0.3) is 0 Å². The Morgan fingerprint density at radius 3 is 2.76 bits per heavy atom. The number of rotatable bonds is 2. The molecule has 0 saturated heterocycles. The second-order valence-electron chi connectivity index (χ2n) is 6.34. The van der Waals surface area contributed by atoms with Crippen molar-refractivity contribution in [3.05, 3.63) is 22.4 Å². The fraction of sp³-hybridized carbons (Fsp3) is 0.667. The highest BCUT2D eigenvalue weighted by Gasteiger charge is 2.34. The molecule has 1 nitrogen and oxygen atoms in total. The molecule has 1 aliphatic rings. The number of thiophene rings is 1. The van der Waals surface area contributed by atoms with Crippen molar-refractivity contribution in [3.8, 4) is 0 Å². The monoisotopic (exact) mass is 250 g/mol. The normalized spacial score (nSPS) is 26.2. The number of hydrogen-bond acceptors (Lipinski definition) is 2. The van der Waals surface area contributed by atoms with Crippen molar-refractivity contribution < 1.29 is 4.79 Å². The van der Waals surface area contributed by atoms with Crippen LogP contribution in [-0.2, 0) is 11.2 Å². The Labute approximate surface area is 108 Å². The molecule has 2 atom stereocenters. The standard InChI is InChI=1S/C15H22OS/c1-15(2,3)13-4-5-14(16)12(9-13)8-11-6-7-17-10-11/h6-7,10,12-13H,4-5,8-9H2,1-3H3. The molecule has 17 heavy (non-hydrogen) atoms. The zero-order valence-corrected chi connectivity index (χ0v) is 11.8. The summed E-state index contributed by atoms with van der Waals surface area (Å²) < 4.78 is 0. The van der Waals surface area contributed by atoms with Crippen molar-refractivity contribution in [2.45, 2.75) is 46.5 Å². The Kier molecular flexibility index (Phi) is 3.72. The van der Waals surface area contributed by atoms with E-state index in [0.29, 0.717) is 17.1 Å². The molecule has 0 amide bonds. The molecule has 2 rings (SSSR count). The van der Waals surface area contributed by atoms with Crippen molar-refractivity contribution >= 4 is 17.1 Å². The summed E-state index contributed by atoms with van der Waals surface area (Å²) in [4.78, 5) is 12.0. The molecule has 1 fully saturated rings. The highest BCUT2D eigenvalue weighted by Crippen LogP contribution is 2.39. The number of ketones is 1. The maximum atomic E-state index is 12.0. The van der Waals surface area contributed by atoms with Gasteiger partial charge in [0.1, 0.15) is 5.78 Å². The lowest BCUT2D eigenvalue weighted by Gasteiger charge is -2.37. The molecule has 2 heteroatoms. The third-order valence-electron chi connectivity index (χ3n) is 4.05. The fourth-order valence-electron chi connectivity index (χ4n) is 2.79. The zero-order valence-electron chi connectivity index (χ0n) is 11.0. The van der Waals surface area contributed by atoms with Gasteiger partial charge in [0, 0.05) is 12.3 Å². The molecule has 0 radical (unpaired) electrons.